The SMILES string of the molecule is CC(C)(C)c1cc2c3c(c1)-n1c4ccccc4c4cccc(c41)B3N1c3ccc(-c4ccc(-c5cc6c7c(c5)-n5c8ccccc8c8cccc(c85)B7N(c5ccccc5)c5ccccc5-6)cc4)cc3C(C)(C)c3cccc-2c31. The summed E-state index contributed by atoms with van der Waals surface area (Å²) in [6, 6.07) is 85.8. The van der Waals surface area contributed by atoms with E-state index in [-0.39, 0.29) is 24.5 Å². The highest BCUT2D eigenvalue weighted by atomic mass is 15.1. The highest BCUT2D eigenvalue weighted by molar-refractivity contribution is 6.94. The van der Waals surface area contributed by atoms with Crippen molar-refractivity contribution >= 4 is 102 Å². The van der Waals surface area contributed by atoms with Gasteiger partial charge < -0.3 is 18.8 Å². The van der Waals surface area contributed by atoms with E-state index >= 15 is 0 Å². The lowest BCUT2D eigenvalue weighted by molar-refractivity contribution is 0.590. The zero-order valence-electron chi connectivity index (χ0n) is 44.8. The van der Waals surface area contributed by atoms with Crippen molar-refractivity contribution in [3.05, 3.63) is 241 Å². The summed E-state index contributed by atoms with van der Waals surface area (Å²) >= 11 is 0. The molecule has 0 unspecified atom stereocenters. The van der Waals surface area contributed by atoms with Gasteiger partial charge in [-0.1, -0.05) is 198 Å². The zero-order chi connectivity index (χ0) is 52.4. The average molecular weight is 1010 g/mol. The lowest BCUT2D eigenvalue weighted by Gasteiger charge is -2.50. The van der Waals surface area contributed by atoms with Crippen LogP contribution in [0.25, 0.3) is 99.5 Å². The van der Waals surface area contributed by atoms with Crippen LogP contribution in [0.3, 0.4) is 0 Å². The Labute approximate surface area is 460 Å². The molecule has 0 amide bonds. The lowest BCUT2D eigenvalue weighted by atomic mass is 9.42. The molecule has 0 fully saturated rings. The quantitative estimate of drug-likeness (QED) is 0.164. The Balaban J connectivity index is 0.802. The number of nitrogens with zero attached hydrogens (tertiary/aromatic N) is 4. The van der Waals surface area contributed by atoms with Gasteiger partial charge in [-0.15, -0.1) is 0 Å². The fourth-order valence-corrected chi connectivity index (χ4v) is 15.4. The van der Waals surface area contributed by atoms with Crippen LogP contribution < -0.4 is 31.5 Å². The molecule has 2 aromatic heterocycles. The molecule has 0 radical (unpaired) electrons. The molecule has 0 saturated heterocycles. The van der Waals surface area contributed by atoms with Crippen LogP contribution in [-0.4, -0.2) is 22.8 Å². The summed E-state index contributed by atoms with van der Waals surface area (Å²) in [5.74, 6) is 0. The summed E-state index contributed by atoms with van der Waals surface area (Å²) in [5.41, 5.74) is 32.0. The number of benzene rings is 11. The van der Waals surface area contributed by atoms with E-state index in [1.807, 2.05) is 0 Å². The zero-order valence-corrected chi connectivity index (χ0v) is 44.8. The summed E-state index contributed by atoms with van der Waals surface area (Å²) in [7, 11) is 0. The standard InChI is InChI=1S/C73H52B2N4/c1-72(2,3)47-41-56-54-23-15-26-57-69(54)79(75-60-28-17-25-53-50-21-10-13-30-62(50)77(71(53)60)66(42-47)68(56)75)64-37-36-45(39-58(64)73(57,4)5)43-32-34-44(35-33-43)46-38-55-51-22-11-14-31-63(51)78(48-18-7-6-8-19-48)74-59-27-16-24-52-49-20-9-12-29-61(49)76(70(52)59)65(40-46)67(55)74/h6-42H,1-5H3. The second-order valence-electron chi connectivity index (χ2n) is 24.4. The van der Waals surface area contributed by atoms with Gasteiger partial charge in [0.15, 0.2) is 0 Å². The van der Waals surface area contributed by atoms with E-state index in [1.54, 1.807) is 0 Å². The molecule has 0 saturated carbocycles. The Bertz CT molecular complexity index is 4880. The van der Waals surface area contributed by atoms with Gasteiger partial charge in [-0.2, -0.15) is 0 Å². The highest BCUT2D eigenvalue weighted by Crippen LogP contribution is 2.56. The number of anilines is 4. The molecule has 18 rings (SSSR count). The van der Waals surface area contributed by atoms with Crippen molar-refractivity contribution in [2.75, 3.05) is 9.62 Å². The second-order valence-corrected chi connectivity index (χ2v) is 24.4. The Hall–Kier alpha value is -9.25. The molecule has 4 nitrogen and oxygen atoms in total. The van der Waals surface area contributed by atoms with E-state index < -0.39 is 0 Å². The van der Waals surface area contributed by atoms with Crippen LogP contribution in [0.5, 0.6) is 0 Å². The summed E-state index contributed by atoms with van der Waals surface area (Å²) in [4.78, 5) is 5.32. The lowest BCUT2D eigenvalue weighted by Crippen LogP contribution is -2.62. The van der Waals surface area contributed by atoms with Gasteiger partial charge in [0.1, 0.15) is 0 Å². The van der Waals surface area contributed by atoms with Crippen LogP contribution in [-0.2, 0) is 10.8 Å². The predicted octanol–water partition coefficient (Wildman–Crippen LogP) is 15.6. The van der Waals surface area contributed by atoms with E-state index in [0.29, 0.717) is 0 Å². The Morgan fingerprint density at radius 1 is 0.367 bits per heavy atom. The molecule has 13 aromatic rings. The number of para-hydroxylation sites is 7. The molecule has 11 aromatic carbocycles. The normalized spacial score (nSPS) is 14.6. The molecular formula is C73H52B2N4. The summed E-state index contributed by atoms with van der Waals surface area (Å²) in [5, 5.41) is 5.20. The molecule has 370 valence electrons. The van der Waals surface area contributed by atoms with Gasteiger partial charge in [-0.05, 0) is 138 Å². The molecule has 0 bridgehead atoms. The molecule has 6 heteroatoms. The average Bonchev–Trinajstić information content (AvgIpc) is 3.79. The monoisotopic (exact) mass is 1010 g/mol. The third-order valence-corrected chi connectivity index (χ3v) is 19.0. The van der Waals surface area contributed by atoms with Gasteiger partial charge >= 0.3 is 13.7 Å². The highest BCUT2D eigenvalue weighted by Gasteiger charge is 2.50. The summed E-state index contributed by atoms with van der Waals surface area (Å²) in [6.07, 6.45) is 0. The van der Waals surface area contributed by atoms with E-state index in [1.165, 1.54) is 161 Å². The maximum atomic E-state index is 2.74. The number of aromatic nitrogens is 2. The third-order valence-electron chi connectivity index (χ3n) is 19.0. The Morgan fingerprint density at radius 2 is 0.911 bits per heavy atom. The number of hydrogen-bond donors (Lipinski definition) is 0. The van der Waals surface area contributed by atoms with Gasteiger partial charge in [0.25, 0.3) is 0 Å². The number of fused-ring (bicyclic) bond motifs is 16. The van der Waals surface area contributed by atoms with Gasteiger partial charge in [0.2, 0.25) is 0 Å². The number of hydrogen-bond acceptors (Lipinski definition) is 2. The van der Waals surface area contributed by atoms with Crippen LogP contribution in [0.4, 0.5) is 22.7 Å². The van der Waals surface area contributed by atoms with Crippen molar-refractivity contribution in [3.8, 4) is 55.9 Å². The molecule has 0 atom stereocenters. The first-order valence-electron chi connectivity index (χ1n) is 28.2. The maximum Gasteiger partial charge on any atom is 0.333 e. The first-order chi connectivity index (χ1) is 38.6. The molecule has 7 heterocycles. The first-order valence-corrected chi connectivity index (χ1v) is 28.2. The van der Waals surface area contributed by atoms with E-state index in [0.717, 1.165) is 0 Å². The van der Waals surface area contributed by atoms with E-state index in [9.17, 15) is 0 Å². The molecule has 0 aliphatic carbocycles. The van der Waals surface area contributed by atoms with Crippen molar-refractivity contribution in [2.24, 2.45) is 0 Å². The molecule has 5 aliphatic rings. The molecule has 5 aliphatic heterocycles. The number of rotatable bonds is 3. The first kappa shape index (κ1) is 43.8. The topological polar surface area (TPSA) is 16.3 Å². The minimum Gasteiger partial charge on any atom is -0.376 e. The second kappa shape index (κ2) is 15.1. The molecule has 0 spiro atoms. The van der Waals surface area contributed by atoms with Crippen molar-refractivity contribution in [3.63, 3.8) is 0 Å². The van der Waals surface area contributed by atoms with Crippen molar-refractivity contribution < 1.29 is 0 Å². The van der Waals surface area contributed by atoms with Crippen LogP contribution in [0.15, 0.2) is 224 Å². The largest absolute Gasteiger partial charge is 0.376 e. The smallest absolute Gasteiger partial charge is 0.333 e. The molecule has 0 N–H and O–H groups in total. The molecular weight excluding hydrogens is 954 g/mol. The Morgan fingerprint density at radius 3 is 1.59 bits per heavy atom. The summed E-state index contributed by atoms with van der Waals surface area (Å²) < 4.78 is 5.16. The van der Waals surface area contributed by atoms with Crippen molar-refractivity contribution in [1.82, 2.24) is 9.13 Å². The van der Waals surface area contributed by atoms with Gasteiger partial charge in [-0.3, -0.25) is 0 Å². The minimum absolute atomic E-state index is 0.00669. The summed E-state index contributed by atoms with van der Waals surface area (Å²) in [6.45, 7) is 12.0. The fourth-order valence-electron chi connectivity index (χ4n) is 15.4. The predicted molar refractivity (Wildman–Crippen MR) is 335 cm³/mol. The van der Waals surface area contributed by atoms with Crippen molar-refractivity contribution in [2.45, 2.75) is 45.4 Å². The van der Waals surface area contributed by atoms with Gasteiger partial charge in [-0.25, -0.2) is 0 Å². The van der Waals surface area contributed by atoms with Crippen LogP contribution >= 0.6 is 0 Å². The van der Waals surface area contributed by atoms with Crippen LogP contribution in [0, 0.1) is 0 Å². The molecule has 79 heavy (non-hydrogen) atoms. The maximum absolute atomic E-state index is 2.74. The van der Waals surface area contributed by atoms with Crippen LogP contribution in [0.2, 0.25) is 0 Å². The minimum atomic E-state index is -0.272. The fraction of sp³-hybridized carbons (Fsp3) is 0.0959. The van der Waals surface area contributed by atoms with Gasteiger partial charge in [0, 0.05) is 72.2 Å². The van der Waals surface area contributed by atoms with E-state index in [2.05, 4.69) is 278 Å². The van der Waals surface area contributed by atoms with Gasteiger partial charge in [0.05, 0.1) is 22.1 Å². The van der Waals surface area contributed by atoms with E-state index in [4.69, 9.17) is 0 Å². The van der Waals surface area contributed by atoms with Crippen LogP contribution in [0.1, 0.15) is 51.3 Å². The van der Waals surface area contributed by atoms with Crippen molar-refractivity contribution in [1.29, 1.82) is 0 Å². The Kier molecular flexibility index (Phi) is 8.35. The third kappa shape index (κ3) is 5.56.